The molecule has 0 bridgehead atoms. The van der Waals surface area contributed by atoms with Crippen LogP contribution < -0.4 is 5.43 Å². The molecule has 13 heavy (non-hydrogen) atoms. The van der Waals surface area contributed by atoms with Crippen molar-refractivity contribution < 1.29 is 9.53 Å². The van der Waals surface area contributed by atoms with Crippen LogP contribution in [-0.4, -0.2) is 42.9 Å². The molecule has 0 spiro atoms. The van der Waals surface area contributed by atoms with Crippen LogP contribution >= 0.6 is 0 Å². The van der Waals surface area contributed by atoms with Crippen molar-refractivity contribution in [2.24, 2.45) is 5.10 Å². The second kappa shape index (κ2) is 4.81. The molecule has 1 fully saturated rings. The van der Waals surface area contributed by atoms with Crippen molar-refractivity contribution in [1.82, 2.24) is 10.3 Å². The van der Waals surface area contributed by atoms with Gasteiger partial charge in [-0.1, -0.05) is 0 Å². The quantitative estimate of drug-likeness (QED) is 0.475. The average molecular weight is 185 g/mol. The molecule has 0 unspecified atom stereocenters. The summed E-state index contributed by atoms with van der Waals surface area (Å²) in [6.07, 6.45) is 0. The Morgan fingerprint density at radius 2 is 2.00 bits per heavy atom. The zero-order valence-electron chi connectivity index (χ0n) is 8.04. The second-order valence-electron chi connectivity index (χ2n) is 3.08. The summed E-state index contributed by atoms with van der Waals surface area (Å²) < 4.78 is 5.12. The van der Waals surface area contributed by atoms with Gasteiger partial charge in [0.2, 0.25) is 0 Å². The average Bonchev–Trinajstić information content (AvgIpc) is 2.15. The summed E-state index contributed by atoms with van der Waals surface area (Å²) in [5.41, 5.74) is 3.31. The van der Waals surface area contributed by atoms with Crippen molar-refractivity contribution in [3.05, 3.63) is 0 Å². The molecule has 2 amide bonds. The van der Waals surface area contributed by atoms with Crippen LogP contribution in [0.2, 0.25) is 0 Å². The van der Waals surface area contributed by atoms with Crippen LogP contribution in [0.25, 0.3) is 0 Å². The maximum absolute atomic E-state index is 11.4. The van der Waals surface area contributed by atoms with E-state index < -0.39 is 0 Å². The number of hydrogen-bond donors (Lipinski definition) is 1. The number of ether oxygens (including phenoxy) is 1. The number of hydrazone groups is 1. The van der Waals surface area contributed by atoms with Gasteiger partial charge in [0.05, 0.1) is 13.2 Å². The number of nitrogens with one attached hydrogen (secondary N) is 1. The number of urea groups is 1. The molecule has 5 nitrogen and oxygen atoms in total. The number of amides is 2. The summed E-state index contributed by atoms with van der Waals surface area (Å²) >= 11 is 0. The predicted octanol–water partition coefficient (Wildman–Crippen LogP) is 0.424. The summed E-state index contributed by atoms with van der Waals surface area (Å²) in [5, 5.41) is 3.83. The highest BCUT2D eigenvalue weighted by atomic mass is 16.5. The van der Waals surface area contributed by atoms with Gasteiger partial charge in [0, 0.05) is 18.8 Å². The van der Waals surface area contributed by atoms with Crippen LogP contribution in [-0.2, 0) is 4.74 Å². The van der Waals surface area contributed by atoms with Gasteiger partial charge in [-0.2, -0.15) is 5.10 Å². The minimum Gasteiger partial charge on any atom is -0.378 e. The molecule has 1 aliphatic rings. The van der Waals surface area contributed by atoms with E-state index in [0.29, 0.717) is 26.3 Å². The van der Waals surface area contributed by atoms with E-state index >= 15 is 0 Å². The number of hydrogen-bond acceptors (Lipinski definition) is 3. The fourth-order valence-electron chi connectivity index (χ4n) is 0.997. The van der Waals surface area contributed by atoms with Gasteiger partial charge in [-0.25, -0.2) is 10.2 Å². The van der Waals surface area contributed by atoms with Crippen LogP contribution in [0.1, 0.15) is 13.8 Å². The van der Waals surface area contributed by atoms with Gasteiger partial charge in [0.15, 0.2) is 0 Å². The smallest absolute Gasteiger partial charge is 0.337 e. The van der Waals surface area contributed by atoms with Gasteiger partial charge < -0.3 is 9.64 Å². The minimum absolute atomic E-state index is 0.149. The van der Waals surface area contributed by atoms with Crippen molar-refractivity contribution in [3.8, 4) is 0 Å². The number of rotatable bonds is 1. The molecule has 0 radical (unpaired) electrons. The van der Waals surface area contributed by atoms with E-state index in [1.165, 1.54) is 0 Å². The van der Waals surface area contributed by atoms with E-state index in [1.807, 2.05) is 13.8 Å². The van der Waals surface area contributed by atoms with Crippen LogP contribution in [0.3, 0.4) is 0 Å². The molecule has 0 saturated carbocycles. The van der Waals surface area contributed by atoms with Gasteiger partial charge in [0.25, 0.3) is 0 Å². The molecule has 0 atom stereocenters. The Morgan fingerprint density at radius 1 is 1.38 bits per heavy atom. The largest absolute Gasteiger partial charge is 0.378 e. The van der Waals surface area contributed by atoms with Crippen molar-refractivity contribution >= 4 is 11.7 Å². The van der Waals surface area contributed by atoms with Gasteiger partial charge in [0.1, 0.15) is 0 Å². The summed E-state index contributed by atoms with van der Waals surface area (Å²) in [4.78, 5) is 13.0. The third kappa shape index (κ3) is 3.42. The first-order chi connectivity index (χ1) is 6.20. The van der Waals surface area contributed by atoms with Crippen molar-refractivity contribution in [3.63, 3.8) is 0 Å². The Balaban J connectivity index is 2.33. The number of carbonyl (C=O) groups is 1. The van der Waals surface area contributed by atoms with Crippen molar-refractivity contribution in [1.29, 1.82) is 0 Å². The maximum atomic E-state index is 11.4. The molecule has 0 aromatic heterocycles. The number of carbonyl (C=O) groups excluding carboxylic acids is 1. The lowest BCUT2D eigenvalue weighted by Crippen LogP contribution is -2.44. The monoisotopic (exact) mass is 185 g/mol. The number of morpholine rings is 1. The summed E-state index contributed by atoms with van der Waals surface area (Å²) in [7, 11) is 0. The van der Waals surface area contributed by atoms with E-state index in [-0.39, 0.29) is 6.03 Å². The molecular weight excluding hydrogens is 170 g/mol. The molecule has 1 N–H and O–H groups in total. The van der Waals surface area contributed by atoms with E-state index in [4.69, 9.17) is 4.74 Å². The topological polar surface area (TPSA) is 53.9 Å². The highest BCUT2D eigenvalue weighted by Crippen LogP contribution is 1.96. The fraction of sp³-hybridized carbons (Fsp3) is 0.750. The van der Waals surface area contributed by atoms with Crippen LogP contribution in [0, 0.1) is 0 Å². The van der Waals surface area contributed by atoms with Crippen LogP contribution in [0.4, 0.5) is 4.79 Å². The third-order valence-electron chi connectivity index (χ3n) is 1.67. The summed E-state index contributed by atoms with van der Waals surface area (Å²) in [5.74, 6) is 0. The number of nitrogens with zero attached hydrogens (tertiary/aromatic N) is 2. The molecule has 0 aromatic carbocycles. The van der Waals surface area contributed by atoms with E-state index in [0.717, 1.165) is 5.71 Å². The van der Waals surface area contributed by atoms with Gasteiger partial charge in [-0.05, 0) is 13.8 Å². The molecule has 74 valence electrons. The Morgan fingerprint density at radius 3 is 2.54 bits per heavy atom. The lowest BCUT2D eigenvalue weighted by atomic mass is 10.4. The zero-order chi connectivity index (χ0) is 9.68. The molecule has 1 rings (SSSR count). The van der Waals surface area contributed by atoms with Gasteiger partial charge >= 0.3 is 6.03 Å². The summed E-state index contributed by atoms with van der Waals surface area (Å²) in [6.45, 7) is 6.18. The van der Waals surface area contributed by atoms with Gasteiger partial charge in [-0.3, -0.25) is 0 Å². The highest BCUT2D eigenvalue weighted by Gasteiger charge is 2.15. The Bertz CT molecular complexity index is 205. The normalized spacial score (nSPS) is 16.6. The van der Waals surface area contributed by atoms with Gasteiger partial charge in [-0.15, -0.1) is 0 Å². The first-order valence-electron chi connectivity index (χ1n) is 4.33. The summed E-state index contributed by atoms with van der Waals surface area (Å²) in [6, 6.07) is -0.149. The highest BCUT2D eigenvalue weighted by molar-refractivity contribution is 5.81. The first-order valence-corrected chi connectivity index (χ1v) is 4.33. The molecule has 0 aromatic rings. The SMILES string of the molecule is CC(C)=NNC(=O)N1CCOCC1. The second-order valence-corrected chi connectivity index (χ2v) is 3.08. The lowest BCUT2D eigenvalue weighted by Gasteiger charge is -2.25. The fourth-order valence-corrected chi connectivity index (χ4v) is 0.997. The Hall–Kier alpha value is -1.10. The Labute approximate surface area is 77.7 Å². The maximum Gasteiger partial charge on any atom is 0.337 e. The van der Waals surface area contributed by atoms with E-state index in [9.17, 15) is 4.79 Å². The standard InChI is InChI=1S/C8H15N3O2/c1-7(2)9-10-8(12)11-3-5-13-6-4-11/h3-6H2,1-2H3,(H,10,12). The van der Waals surface area contributed by atoms with Crippen molar-refractivity contribution in [2.75, 3.05) is 26.3 Å². The van der Waals surface area contributed by atoms with Crippen molar-refractivity contribution in [2.45, 2.75) is 13.8 Å². The molecule has 1 heterocycles. The molecular formula is C8H15N3O2. The predicted molar refractivity (Wildman–Crippen MR) is 49.7 cm³/mol. The Kier molecular flexibility index (Phi) is 3.70. The molecule has 0 aliphatic carbocycles. The van der Waals surface area contributed by atoms with Crippen LogP contribution in [0.5, 0.6) is 0 Å². The molecule has 5 heteroatoms. The van der Waals surface area contributed by atoms with E-state index in [2.05, 4.69) is 10.5 Å². The molecule has 1 aliphatic heterocycles. The lowest BCUT2D eigenvalue weighted by molar-refractivity contribution is 0.0533. The van der Waals surface area contributed by atoms with E-state index in [1.54, 1.807) is 4.90 Å². The first kappa shape index (κ1) is 9.98. The third-order valence-corrected chi connectivity index (χ3v) is 1.67. The van der Waals surface area contributed by atoms with Crippen LogP contribution in [0.15, 0.2) is 5.10 Å². The minimum atomic E-state index is -0.149. The molecule has 1 saturated heterocycles. The zero-order valence-corrected chi connectivity index (χ0v) is 8.04.